The third-order valence-electron chi connectivity index (χ3n) is 6.75. The van der Waals surface area contributed by atoms with Crippen LogP contribution in [0.4, 0.5) is 13.2 Å². The highest BCUT2D eigenvalue weighted by molar-refractivity contribution is 5.95. The van der Waals surface area contributed by atoms with Crippen LogP contribution in [0.3, 0.4) is 0 Å². The van der Waals surface area contributed by atoms with Crippen molar-refractivity contribution >= 4 is 35.0 Å². The van der Waals surface area contributed by atoms with Gasteiger partial charge >= 0.3 is 11.9 Å². The summed E-state index contributed by atoms with van der Waals surface area (Å²) < 4.78 is 54.0. The summed E-state index contributed by atoms with van der Waals surface area (Å²) in [4.78, 5) is 22.6. The first-order chi connectivity index (χ1) is 20.6. The van der Waals surface area contributed by atoms with Gasteiger partial charge in [0.15, 0.2) is 11.6 Å². The lowest BCUT2D eigenvalue weighted by Gasteiger charge is -2.08. The highest BCUT2D eigenvalue weighted by atomic mass is 19.2. The molecule has 0 bridgehead atoms. The summed E-state index contributed by atoms with van der Waals surface area (Å²) in [6.45, 7) is 1.71. The third kappa shape index (κ3) is 8.06. The average Bonchev–Trinajstić information content (AvgIpc) is 3.21. The van der Waals surface area contributed by atoms with E-state index in [-0.39, 0.29) is 31.9 Å². The van der Waals surface area contributed by atoms with E-state index in [0.717, 1.165) is 17.2 Å². The molecule has 0 aliphatic heterocycles. The third-order valence-corrected chi connectivity index (χ3v) is 6.75. The normalized spacial score (nSPS) is 11.5. The lowest BCUT2D eigenvalue weighted by atomic mass is 10.0. The first-order valence-corrected chi connectivity index (χ1v) is 13.5. The van der Waals surface area contributed by atoms with Crippen molar-refractivity contribution in [3.05, 3.63) is 107 Å². The van der Waals surface area contributed by atoms with Crippen molar-refractivity contribution in [2.45, 2.75) is 32.7 Å². The van der Waals surface area contributed by atoms with E-state index in [1.165, 1.54) is 24.3 Å². The van der Waals surface area contributed by atoms with Gasteiger partial charge in [-0.1, -0.05) is 30.4 Å². The zero-order valence-corrected chi connectivity index (χ0v) is 23.4. The fourth-order valence-corrected chi connectivity index (χ4v) is 4.74. The average molecular weight is 594 g/mol. The largest absolute Gasteiger partial charge is 0.490 e. The van der Waals surface area contributed by atoms with Crippen LogP contribution < -0.4 is 9.47 Å². The van der Waals surface area contributed by atoms with Gasteiger partial charge in [0, 0.05) is 23.1 Å². The smallest absolute Gasteiger partial charge is 0.323 e. The summed E-state index contributed by atoms with van der Waals surface area (Å²) in [5.41, 5.74) is 3.25. The Bertz CT molecular complexity index is 1670. The van der Waals surface area contributed by atoms with Crippen LogP contribution in [-0.2, 0) is 22.6 Å². The van der Waals surface area contributed by atoms with Crippen LogP contribution in [0.25, 0.3) is 23.1 Å². The number of hydrogen-bond acceptors (Lipinski definition) is 4. The number of carboxylic acids is 2. The number of halogens is 3. The van der Waals surface area contributed by atoms with E-state index in [2.05, 4.69) is 0 Å². The molecular formula is C33H30F3NO6. The topological polar surface area (TPSA) is 98.0 Å². The molecule has 43 heavy (non-hydrogen) atoms. The Morgan fingerprint density at radius 1 is 0.907 bits per heavy atom. The van der Waals surface area contributed by atoms with Crippen molar-refractivity contribution in [1.82, 2.24) is 4.57 Å². The molecule has 0 radical (unpaired) electrons. The molecule has 7 nitrogen and oxygen atoms in total. The van der Waals surface area contributed by atoms with Gasteiger partial charge in [-0.25, -0.2) is 8.78 Å². The van der Waals surface area contributed by atoms with Crippen LogP contribution in [-0.4, -0.2) is 39.9 Å². The molecule has 0 saturated heterocycles. The van der Waals surface area contributed by atoms with Crippen molar-refractivity contribution in [2.75, 3.05) is 13.2 Å². The number of fused-ring (bicyclic) bond motifs is 1. The molecule has 0 spiro atoms. The molecular weight excluding hydrogens is 563 g/mol. The van der Waals surface area contributed by atoms with Gasteiger partial charge in [0.1, 0.15) is 31.3 Å². The molecule has 0 fully saturated rings. The van der Waals surface area contributed by atoms with E-state index >= 15 is 0 Å². The Hall–Kier alpha value is -4.99. The molecule has 0 aliphatic carbocycles. The number of hydrogen-bond donors (Lipinski definition) is 2. The second-order valence-electron chi connectivity index (χ2n) is 9.73. The van der Waals surface area contributed by atoms with Gasteiger partial charge in [-0.05, 0) is 79.4 Å². The van der Waals surface area contributed by atoms with E-state index < -0.39 is 29.4 Å². The van der Waals surface area contributed by atoms with E-state index in [9.17, 15) is 27.9 Å². The van der Waals surface area contributed by atoms with E-state index in [1.807, 2.05) is 0 Å². The zero-order chi connectivity index (χ0) is 30.9. The Balaban J connectivity index is 1.44. The van der Waals surface area contributed by atoms with Crippen molar-refractivity contribution < 1.29 is 42.4 Å². The maximum Gasteiger partial charge on any atom is 0.323 e. The predicted octanol–water partition coefficient (Wildman–Crippen LogP) is 7.04. The number of rotatable bonds is 14. The van der Waals surface area contributed by atoms with Gasteiger partial charge < -0.3 is 24.3 Å². The molecule has 0 amide bonds. The summed E-state index contributed by atoms with van der Waals surface area (Å²) >= 11 is 0. The lowest BCUT2D eigenvalue weighted by Crippen LogP contribution is -2.10. The first-order valence-electron chi connectivity index (χ1n) is 13.5. The van der Waals surface area contributed by atoms with Gasteiger partial charge in [0.25, 0.3) is 0 Å². The summed E-state index contributed by atoms with van der Waals surface area (Å²) in [5.74, 6) is -4.06. The number of aromatic nitrogens is 1. The Morgan fingerprint density at radius 3 is 2.33 bits per heavy atom. The molecule has 1 heterocycles. The van der Waals surface area contributed by atoms with Gasteiger partial charge in [0.05, 0.1) is 5.52 Å². The molecule has 1 aromatic heterocycles. The van der Waals surface area contributed by atoms with Crippen LogP contribution in [0, 0.1) is 24.4 Å². The molecule has 4 aromatic rings. The van der Waals surface area contributed by atoms with Gasteiger partial charge in [-0.3, -0.25) is 9.59 Å². The van der Waals surface area contributed by atoms with Crippen LogP contribution in [0.2, 0.25) is 0 Å². The molecule has 4 rings (SSSR count). The quantitative estimate of drug-likeness (QED) is 0.120. The highest BCUT2D eigenvalue weighted by Crippen LogP contribution is 2.32. The van der Waals surface area contributed by atoms with E-state index in [1.54, 1.807) is 60.1 Å². The zero-order valence-electron chi connectivity index (χ0n) is 23.4. The second kappa shape index (κ2) is 14.3. The maximum atomic E-state index is 14.7. The maximum absolute atomic E-state index is 14.7. The van der Waals surface area contributed by atoms with Crippen LogP contribution in [0.1, 0.15) is 35.2 Å². The van der Waals surface area contributed by atoms with Crippen molar-refractivity contribution in [3.8, 4) is 11.5 Å². The molecule has 0 unspecified atom stereocenters. The number of aliphatic carboxylic acids is 2. The number of ether oxygens (including phenoxy) is 2. The summed E-state index contributed by atoms with van der Waals surface area (Å²) in [5, 5.41) is 19.1. The van der Waals surface area contributed by atoms with Crippen LogP contribution in [0.5, 0.6) is 11.5 Å². The van der Waals surface area contributed by atoms with E-state index in [0.29, 0.717) is 40.8 Å². The van der Waals surface area contributed by atoms with E-state index in [4.69, 9.17) is 14.6 Å². The first kappa shape index (κ1) is 31.0. The van der Waals surface area contributed by atoms with Gasteiger partial charge in [-0.2, -0.15) is 4.39 Å². The monoisotopic (exact) mass is 593 g/mol. The molecule has 10 heteroatoms. The van der Waals surface area contributed by atoms with Crippen LogP contribution in [0.15, 0.2) is 66.7 Å². The summed E-state index contributed by atoms with van der Waals surface area (Å²) in [7, 11) is 0. The Morgan fingerprint density at radius 2 is 1.63 bits per heavy atom. The number of carbonyl (C=O) groups is 2. The standard InChI is InChI=1S/C33H30F3NO6/c1-21-26(6-4-9-30(38)39)27-19-24(34)18-23(33(27)37(21)20-31(40)41)13-10-22-11-14-25(15-12-22)42-16-2-3-17-43-29-8-5-7-28(35)32(29)36/h2-3,5,7-8,10-15,18-19H,4,6,9,16-17,20H2,1H3,(H,38,39)(H,40,41)/b3-2+,13-10?. The van der Waals surface area contributed by atoms with Crippen molar-refractivity contribution in [1.29, 1.82) is 0 Å². The van der Waals surface area contributed by atoms with Gasteiger partial charge in [0.2, 0.25) is 5.82 Å². The Labute approximate surface area is 246 Å². The van der Waals surface area contributed by atoms with Crippen molar-refractivity contribution in [2.24, 2.45) is 0 Å². The lowest BCUT2D eigenvalue weighted by molar-refractivity contribution is -0.138. The Kier molecular flexibility index (Phi) is 10.3. The summed E-state index contributed by atoms with van der Waals surface area (Å²) in [6, 6.07) is 13.5. The number of nitrogens with zero attached hydrogens (tertiary/aromatic N) is 1. The molecule has 0 atom stereocenters. The summed E-state index contributed by atoms with van der Waals surface area (Å²) in [6.07, 6.45) is 7.48. The molecule has 224 valence electrons. The minimum atomic E-state index is -1.05. The predicted molar refractivity (Wildman–Crippen MR) is 157 cm³/mol. The highest BCUT2D eigenvalue weighted by Gasteiger charge is 2.19. The minimum Gasteiger partial charge on any atom is -0.490 e. The SMILES string of the molecule is Cc1c(CCCC(=O)O)c2cc(F)cc(C=Cc3ccc(OC/C=C/COc4cccc(F)c4F)cc3)c2n1CC(=O)O. The molecule has 0 aliphatic rings. The fourth-order valence-electron chi connectivity index (χ4n) is 4.74. The van der Waals surface area contributed by atoms with Crippen LogP contribution >= 0.6 is 0 Å². The van der Waals surface area contributed by atoms with Crippen molar-refractivity contribution in [3.63, 3.8) is 0 Å². The molecule has 2 N–H and O–H groups in total. The molecule has 3 aromatic carbocycles. The number of benzene rings is 3. The molecule has 0 saturated carbocycles. The number of carboxylic acid groups (broad SMARTS) is 2. The minimum absolute atomic E-state index is 0.0417. The second-order valence-corrected chi connectivity index (χ2v) is 9.73. The van der Waals surface area contributed by atoms with Gasteiger partial charge in [-0.15, -0.1) is 0 Å². The number of aryl methyl sites for hydroxylation is 1. The fraction of sp³-hybridized carbons (Fsp3) is 0.212.